The zero-order chi connectivity index (χ0) is 33.1. The van der Waals surface area contributed by atoms with Gasteiger partial charge in [0.15, 0.2) is 0 Å². The van der Waals surface area contributed by atoms with E-state index in [1.165, 1.54) is 18.4 Å². The predicted octanol–water partition coefficient (Wildman–Crippen LogP) is 2.74. The summed E-state index contributed by atoms with van der Waals surface area (Å²) < 4.78 is 56.2. The molecule has 2 aliphatic heterocycles. The molecule has 2 aromatic carbocycles. The van der Waals surface area contributed by atoms with Crippen LogP contribution in [0.4, 0.5) is 8.78 Å². The third-order valence-corrected chi connectivity index (χ3v) is 10.9. The number of carbonyl (C=O) groups is 2. The van der Waals surface area contributed by atoms with E-state index >= 15 is 0 Å². The van der Waals surface area contributed by atoms with Crippen molar-refractivity contribution in [3.63, 3.8) is 0 Å². The van der Waals surface area contributed by atoms with E-state index in [1.807, 2.05) is 17.9 Å². The molecule has 13 heteroatoms. The Morgan fingerprint density at radius 3 is 2.44 bits per heavy atom. The van der Waals surface area contributed by atoms with Gasteiger partial charge >= 0.3 is 0 Å². The maximum absolute atomic E-state index is 14.1. The number of aliphatic hydroxyl groups excluding tert-OH is 1. The molecule has 0 radical (unpaired) electrons. The molecule has 2 amide bonds. The summed E-state index contributed by atoms with van der Waals surface area (Å²) in [7, 11) is -0.938. The van der Waals surface area contributed by atoms with Gasteiger partial charge in [0.05, 0.1) is 12.1 Å². The van der Waals surface area contributed by atoms with Gasteiger partial charge in [-0.3, -0.25) is 9.59 Å². The molecule has 2 aromatic rings. The normalized spacial score (nSPS) is 22.8. The summed E-state index contributed by atoms with van der Waals surface area (Å²) >= 11 is 0. The molecule has 5 atom stereocenters. The summed E-state index contributed by atoms with van der Waals surface area (Å²) in [5, 5.41) is 17.6. The Morgan fingerprint density at radius 2 is 1.80 bits per heavy atom. The lowest BCUT2D eigenvalue weighted by Crippen LogP contribution is -2.62. The molecule has 2 heterocycles. The van der Waals surface area contributed by atoms with Crippen molar-refractivity contribution < 1.29 is 31.9 Å². The summed E-state index contributed by atoms with van der Waals surface area (Å²) in [4.78, 5) is 29.2. The van der Waals surface area contributed by atoms with Gasteiger partial charge in [-0.1, -0.05) is 20.8 Å². The largest absolute Gasteiger partial charge is 0.389 e. The first-order valence-electron chi connectivity index (χ1n) is 15.5. The Balaban J connectivity index is 1.67. The fourth-order valence-electron chi connectivity index (χ4n) is 6.07. The number of nitrogens with zero attached hydrogens (tertiary/aromatic N) is 3. The van der Waals surface area contributed by atoms with Crippen molar-refractivity contribution in [1.29, 1.82) is 0 Å². The second-order valence-corrected chi connectivity index (χ2v) is 14.6. The highest BCUT2D eigenvalue weighted by Crippen LogP contribution is 2.31. The fourth-order valence-corrected chi connectivity index (χ4v) is 7.20. The number of amides is 2. The maximum atomic E-state index is 14.1. The number of nitrogens with one attached hydrogen (secondary N) is 2. The van der Waals surface area contributed by atoms with Gasteiger partial charge in [0.1, 0.15) is 11.6 Å². The molecule has 3 N–H and O–H groups in total. The summed E-state index contributed by atoms with van der Waals surface area (Å²) in [6.45, 7) is 7.77. The van der Waals surface area contributed by atoms with Gasteiger partial charge < -0.3 is 20.6 Å². The number of halogens is 2. The molecule has 248 valence electrons. The van der Waals surface area contributed by atoms with Gasteiger partial charge in [-0.25, -0.2) is 8.78 Å². The molecule has 0 spiro atoms. The molecule has 4 rings (SSSR count). The Morgan fingerprint density at radius 1 is 1.11 bits per heavy atom. The summed E-state index contributed by atoms with van der Waals surface area (Å²) in [5.41, 5.74) is 1.68. The first-order valence-corrected chi connectivity index (χ1v) is 16.9. The lowest BCUT2D eigenvalue weighted by Gasteiger charge is -2.38. The van der Waals surface area contributed by atoms with E-state index in [0.717, 1.165) is 40.9 Å². The van der Waals surface area contributed by atoms with Crippen LogP contribution in [0.5, 0.6) is 0 Å². The van der Waals surface area contributed by atoms with Gasteiger partial charge in [0, 0.05) is 70.1 Å². The number of carbonyl (C=O) groups excluding carboxylic acids is 2. The van der Waals surface area contributed by atoms with Crippen LogP contribution in [-0.2, 0) is 16.6 Å². The van der Waals surface area contributed by atoms with Crippen LogP contribution in [0.25, 0.3) is 0 Å². The smallest absolute Gasteiger partial charge is 0.281 e. The average molecular weight is 650 g/mol. The first-order chi connectivity index (χ1) is 21.2. The number of piperazine rings is 1. The Hall–Kier alpha value is -2.97. The number of aliphatic hydroxyl groups is 1. The molecular weight excluding hydrogens is 604 g/mol. The van der Waals surface area contributed by atoms with Crippen LogP contribution in [-0.4, -0.2) is 104 Å². The molecule has 10 nitrogen and oxygen atoms in total. The minimum atomic E-state index is -3.77. The quantitative estimate of drug-likeness (QED) is 0.364. The van der Waals surface area contributed by atoms with E-state index in [-0.39, 0.29) is 54.9 Å². The van der Waals surface area contributed by atoms with Crippen molar-refractivity contribution in [1.82, 2.24) is 24.1 Å². The second kappa shape index (κ2) is 14.6. The zero-order valence-corrected chi connectivity index (χ0v) is 27.4. The molecule has 0 aliphatic carbocycles. The highest BCUT2D eigenvalue weighted by Gasteiger charge is 2.37. The standard InChI is InChI=1S/C32H45F2N5O5S/c1-6-9-38-10-7-20(2)21(3)23-15-24(17-25(16-23)32(38)42)31(41)36-28(14-22-12-26(33)18-27(34)13-22)30(40)29-19-39(11-8-35-29)45(43,44)37(4)5/h12-13,15-18,20-21,28-30,35,40H,6-11,14,19H2,1-5H3,(H,36,41)/t20?,21?,28-,29+,30-/m0/s1. The van der Waals surface area contributed by atoms with Gasteiger partial charge in [0.2, 0.25) is 0 Å². The molecule has 2 bridgehead atoms. The molecule has 2 unspecified atom stereocenters. The highest BCUT2D eigenvalue weighted by molar-refractivity contribution is 7.86. The fraction of sp³-hybridized carbons (Fsp3) is 0.562. The second-order valence-electron chi connectivity index (χ2n) is 12.5. The monoisotopic (exact) mass is 649 g/mol. The third kappa shape index (κ3) is 8.25. The highest BCUT2D eigenvalue weighted by atomic mass is 32.2. The van der Waals surface area contributed by atoms with E-state index in [0.29, 0.717) is 18.7 Å². The van der Waals surface area contributed by atoms with E-state index in [4.69, 9.17) is 0 Å². The van der Waals surface area contributed by atoms with Crippen LogP contribution in [0.2, 0.25) is 0 Å². The summed E-state index contributed by atoms with van der Waals surface area (Å²) in [6, 6.07) is 6.26. The van der Waals surface area contributed by atoms with Crippen LogP contribution in [0.15, 0.2) is 36.4 Å². The molecule has 2 aliphatic rings. The molecule has 0 saturated carbocycles. The van der Waals surface area contributed by atoms with E-state index in [2.05, 4.69) is 24.5 Å². The van der Waals surface area contributed by atoms with Gasteiger partial charge in [-0.05, 0) is 72.6 Å². The van der Waals surface area contributed by atoms with Gasteiger partial charge in [-0.15, -0.1) is 0 Å². The van der Waals surface area contributed by atoms with Crippen molar-refractivity contribution in [2.24, 2.45) is 5.92 Å². The molecular formula is C32H45F2N5O5S. The molecule has 1 fully saturated rings. The lowest BCUT2D eigenvalue weighted by molar-refractivity contribution is 0.0595. The lowest BCUT2D eigenvalue weighted by atomic mass is 9.85. The number of fused-ring (bicyclic) bond motifs is 2. The Kier molecular flexibility index (Phi) is 11.3. The minimum absolute atomic E-state index is 0.0681. The van der Waals surface area contributed by atoms with Crippen molar-refractivity contribution in [2.75, 3.05) is 46.8 Å². The van der Waals surface area contributed by atoms with Crippen LogP contribution in [0.3, 0.4) is 0 Å². The number of hydrogen-bond acceptors (Lipinski definition) is 6. The van der Waals surface area contributed by atoms with E-state index < -0.39 is 45.9 Å². The zero-order valence-electron chi connectivity index (χ0n) is 26.6. The van der Waals surface area contributed by atoms with E-state index in [1.54, 1.807) is 12.1 Å². The van der Waals surface area contributed by atoms with Gasteiger partial charge in [-0.2, -0.15) is 17.0 Å². The topological polar surface area (TPSA) is 122 Å². The number of hydrogen-bond donors (Lipinski definition) is 3. The number of rotatable bonds is 10. The van der Waals surface area contributed by atoms with Crippen molar-refractivity contribution in [3.8, 4) is 0 Å². The number of benzene rings is 2. The molecule has 1 saturated heterocycles. The Labute approximate surface area is 264 Å². The third-order valence-electron chi connectivity index (χ3n) is 8.95. The summed E-state index contributed by atoms with van der Waals surface area (Å²) in [6.07, 6.45) is 0.139. The van der Waals surface area contributed by atoms with Gasteiger partial charge in [0.25, 0.3) is 22.0 Å². The van der Waals surface area contributed by atoms with Crippen LogP contribution >= 0.6 is 0 Å². The molecule has 0 aromatic heterocycles. The van der Waals surface area contributed by atoms with Crippen molar-refractivity contribution >= 4 is 22.0 Å². The average Bonchev–Trinajstić information content (AvgIpc) is 3.02. The molecule has 45 heavy (non-hydrogen) atoms. The maximum Gasteiger partial charge on any atom is 0.281 e. The SMILES string of the molecule is CCCN1CCC(C)C(C)c2cc(C(=O)N[C@@H](Cc3cc(F)cc(F)c3)[C@H](O)[C@H]3CN(S(=O)(=O)N(C)C)CCN3)cc(c2)C1=O. The predicted molar refractivity (Wildman–Crippen MR) is 168 cm³/mol. The van der Waals surface area contributed by atoms with Crippen molar-refractivity contribution in [3.05, 3.63) is 70.3 Å². The van der Waals surface area contributed by atoms with Crippen LogP contribution in [0, 0.1) is 17.6 Å². The Bertz CT molecular complexity index is 1470. The summed E-state index contributed by atoms with van der Waals surface area (Å²) in [5.74, 6) is -2.01. The van der Waals surface area contributed by atoms with Crippen LogP contribution < -0.4 is 10.6 Å². The first kappa shape index (κ1) is 34.9. The van der Waals surface area contributed by atoms with Crippen molar-refractivity contribution in [2.45, 2.75) is 64.1 Å². The van der Waals surface area contributed by atoms with E-state index in [9.17, 15) is 31.9 Å². The minimum Gasteiger partial charge on any atom is -0.389 e. The van der Waals surface area contributed by atoms with Crippen LogP contribution in [0.1, 0.15) is 71.4 Å².